The number of benzene rings is 1. The summed E-state index contributed by atoms with van der Waals surface area (Å²) < 4.78 is 13.3. The maximum absolute atomic E-state index is 13.3. The van der Waals surface area contributed by atoms with Crippen LogP contribution < -0.4 is 5.73 Å². The summed E-state index contributed by atoms with van der Waals surface area (Å²) >= 11 is 0. The van der Waals surface area contributed by atoms with Crippen molar-refractivity contribution >= 4 is 5.69 Å². The van der Waals surface area contributed by atoms with Crippen molar-refractivity contribution < 1.29 is 4.39 Å². The average molecular weight is 236 g/mol. The zero-order chi connectivity index (χ0) is 12.3. The second-order valence-corrected chi connectivity index (χ2v) is 4.96. The van der Waals surface area contributed by atoms with E-state index in [2.05, 4.69) is 11.8 Å². The van der Waals surface area contributed by atoms with Crippen molar-refractivity contribution in [2.24, 2.45) is 5.92 Å². The lowest BCUT2D eigenvalue weighted by atomic mass is 9.95. The van der Waals surface area contributed by atoms with Crippen LogP contribution in [0.1, 0.15) is 31.7 Å². The number of halogens is 1. The molecule has 2 N–H and O–H groups in total. The standard InChI is InChI=1S/C14H21FN2/c1-2-11-5-4-8-17(9-11)10-12-6-3-7-13(15)14(12)16/h3,6-7,11H,2,4-5,8-10,16H2,1H3. The van der Waals surface area contributed by atoms with E-state index >= 15 is 0 Å². The Morgan fingerprint density at radius 2 is 2.29 bits per heavy atom. The monoisotopic (exact) mass is 236 g/mol. The van der Waals surface area contributed by atoms with Crippen LogP contribution in [0.15, 0.2) is 18.2 Å². The Morgan fingerprint density at radius 3 is 3.06 bits per heavy atom. The van der Waals surface area contributed by atoms with E-state index in [-0.39, 0.29) is 5.82 Å². The van der Waals surface area contributed by atoms with E-state index in [0.717, 1.165) is 31.1 Å². The molecule has 1 unspecified atom stereocenters. The molecule has 1 fully saturated rings. The van der Waals surface area contributed by atoms with Crippen molar-refractivity contribution in [3.8, 4) is 0 Å². The summed E-state index contributed by atoms with van der Waals surface area (Å²) in [5, 5.41) is 0. The average Bonchev–Trinajstić information content (AvgIpc) is 2.35. The van der Waals surface area contributed by atoms with Gasteiger partial charge < -0.3 is 5.73 Å². The van der Waals surface area contributed by atoms with Crippen LogP contribution in [-0.4, -0.2) is 18.0 Å². The van der Waals surface area contributed by atoms with Crippen LogP contribution in [0.2, 0.25) is 0 Å². The first-order valence-corrected chi connectivity index (χ1v) is 6.46. The Morgan fingerprint density at radius 1 is 1.47 bits per heavy atom. The van der Waals surface area contributed by atoms with Crippen LogP contribution in [0.4, 0.5) is 10.1 Å². The van der Waals surface area contributed by atoms with E-state index in [0.29, 0.717) is 5.69 Å². The number of nitrogens with zero attached hydrogens (tertiary/aromatic N) is 1. The first-order valence-electron chi connectivity index (χ1n) is 6.46. The molecule has 0 radical (unpaired) electrons. The molecule has 0 saturated carbocycles. The number of rotatable bonds is 3. The fraction of sp³-hybridized carbons (Fsp3) is 0.571. The van der Waals surface area contributed by atoms with Crippen molar-refractivity contribution in [1.29, 1.82) is 0 Å². The first kappa shape index (κ1) is 12.4. The van der Waals surface area contributed by atoms with E-state index < -0.39 is 0 Å². The minimum atomic E-state index is -0.299. The van der Waals surface area contributed by atoms with Gasteiger partial charge in [0.1, 0.15) is 5.82 Å². The summed E-state index contributed by atoms with van der Waals surface area (Å²) in [5.74, 6) is 0.491. The predicted molar refractivity (Wildman–Crippen MR) is 69.1 cm³/mol. The molecule has 1 saturated heterocycles. The van der Waals surface area contributed by atoms with Crippen molar-refractivity contribution in [3.05, 3.63) is 29.6 Å². The molecule has 1 aliphatic heterocycles. The van der Waals surface area contributed by atoms with Gasteiger partial charge in [0.15, 0.2) is 0 Å². The molecule has 17 heavy (non-hydrogen) atoms. The molecule has 1 atom stereocenters. The summed E-state index contributed by atoms with van der Waals surface area (Å²) in [6.45, 7) is 5.24. The Labute approximate surface area is 103 Å². The smallest absolute Gasteiger partial charge is 0.146 e. The number of hydrogen-bond acceptors (Lipinski definition) is 2. The van der Waals surface area contributed by atoms with E-state index in [1.54, 1.807) is 6.07 Å². The number of hydrogen-bond donors (Lipinski definition) is 1. The van der Waals surface area contributed by atoms with Gasteiger partial charge in [0.2, 0.25) is 0 Å². The molecule has 2 nitrogen and oxygen atoms in total. The molecule has 3 heteroatoms. The molecule has 1 heterocycles. The highest BCUT2D eigenvalue weighted by Gasteiger charge is 2.19. The first-order chi connectivity index (χ1) is 8.20. The quantitative estimate of drug-likeness (QED) is 0.817. The third kappa shape index (κ3) is 2.97. The van der Waals surface area contributed by atoms with E-state index in [1.807, 2.05) is 6.07 Å². The Bertz CT molecular complexity index is 378. The fourth-order valence-corrected chi connectivity index (χ4v) is 2.59. The molecule has 1 aromatic carbocycles. The number of piperidine rings is 1. The molecule has 0 spiro atoms. The Balaban J connectivity index is 2.02. The molecule has 0 bridgehead atoms. The predicted octanol–water partition coefficient (Wildman–Crippen LogP) is 3.03. The Kier molecular flexibility index (Phi) is 4.00. The third-order valence-corrected chi connectivity index (χ3v) is 3.72. The lowest BCUT2D eigenvalue weighted by molar-refractivity contribution is 0.165. The maximum atomic E-state index is 13.3. The molecule has 0 amide bonds. The van der Waals surface area contributed by atoms with Crippen molar-refractivity contribution in [2.45, 2.75) is 32.7 Å². The van der Waals surface area contributed by atoms with E-state index in [9.17, 15) is 4.39 Å². The maximum Gasteiger partial charge on any atom is 0.146 e. The summed E-state index contributed by atoms with van der Waals surface area (Å²) in [7, 11) is 0. The van der Waals surface area contributed by atoms with Crippen LogP contribution in [0, 0.1) is 11.7 Å². The van der Waals surface area contributed by atoms with Gasteiger partial charge in [0.05, 0.1) is 5.69 Å². The van der Waals surface area contributed by atoms with Crippen molar-refractivity contribution in [2.75, 3.05) is 18.8 Å². The van der Waals surface area contributed by atoms with Gasteiger partial charge >= 0.3 is 0 Å². The SMILES string of the molecule is CCC1CCCN(Cc2cccc(F)c2N)C1. The van der Waals surface area contributed by atoms with E-state index in [1.165, 1.54) is 25.3 Å². The van der Waals surface area contributed by atoms with E-state index in [4.69, 9.17) is 5.73 Å². The highest BCUT2D eigenvalue weighted by molar-refractivity contribution is 5.47. The number of para-hydroxylation sites is 1. The summed E-state index contributed by atoms with van der Waals surface area (Å²) in [4.78, 5) is 2.39. The summed E-state index contributed by atoms with van der Waals surface area (Å²) in [6.07, 6.45) is 3.80. The zero-order valence-corrected chi connectivity index (χ0v) is 10.5. The van der Waals surface area contributed by atoms with Gasteiger partial charge in [0.25, 0.3) is 0 Å². The molecule has 0 aromatic heterocycles. The van der Waals surface area contributed by atoms with Crippen LogP contribution in [0.5, 0.6) is 0 Å². The van der Waals surface area contributed by atoms with Crippen LogP contribution in [0.25, 0.3) is 0 Å². The second kappa shape index (κ2) is 5.50. The van der Waals surface area contributed by atoms with Gasteiger partial charge in [-0.15, -0.1) is 0 Å². The third-order valence-electron chi connectivity index (χ3n) is 3.72. The molecule has 94 valence electrons. The second-order valence-electron chi connectivity index (χ2n) is 4.96. The van der Waals surface area contributed by atoms with Gasteiger partial charge in [-0.3, -0.25) is 4.90 Å². The lowest BCUT2D eigenvalue weighted by Gasteiger charge is -2.32. The highest BCUT2D eigenvalue weighted by atomic mass is 19.1. The number of nitrogens with two attached hydrogens (primary N) is 1. The fourth-order valence-electron chi connectivity index (χ4n) is 2.59. The number of nitrogen functional groups attached to an aromatic ring is 1. The van der Waals surface area contributed by atoms with Gasteiger partial charge in [-0.2, -0.15) is 0 Å². The van der Waals surface area contributed by atoms with Gasteiger partial charge in [-0.05, 0) is 36.9 Å². The lowest BCUT2D eigenvalue weighted by Crippen LogP contribution is -2.34. The van der Waals surface area contributed by atoms with Crippen molar-refractivity contribution in [3.63, 3.8) is 0 Å². The van der Waals surface area contributed by atoms with Crippen molar-refractivity contribution in [1.82, 2.24) is 4.90 Å². The molecular weight excluding hydrogens is 215 g/mol. The topological polar surface area (TPSA) is 29.3 Å². The minimum absolute atomic E-state index is 0.299. The normalized spacial score (nSPS) is 21.6. The number of likely N-dealkylation sites (tertiary alicyclic amines) is 1. The molecule has 2 rings (SSSR count). The highest BCUT2D eigenvalue weighted by Crippen LogP contribution is 2.23. The molecule has 1 aromatic rings. The van der Waals surface area contributed by atoms with Gasteiger partial charge in [-0.1, -0.05) is 25.5 Å². The number of anilines is 1. The van der Waals surface area contributed by atoms with Crippen LogP contribution in [-0.2, 0) is 6.54 Å². The van der Waals surface area contributed by atoms with Gasteiger partial charge in [0, 0.05) is 13.1 Å². The van der Waals surface area contributed by atoms with Crippen LogP contribution >= 0.6 is 0 Å². The van der Waals surface area contributed by atoms with Gasteiger partial charge in [-0.25, -0.2) is 4.39 Å². The molecule has 1 aliphatic rings. The minimum Gasteiger partial charge on any atom is -0.396 e. The Hall–Kier alpha value is -1.09. The summed E-state index contributed by atoms with van der Waals surface area (Å²) in [5.41, 5.74) is 6.99. The summed E-state index contributed by atoms with van der Waals surface area (Å²) in [6, 6.07) is 5.08. The van der Waals surface area contributed by atoms with Crippen LogP contribution in [0.3, 0.4) is 0 Å². The zero-order valence-electron chi connectivity index (χ0n) is 10.5. The largest absolute Gasteiger partial charge is 0.396 e. The molecule has 0 aliphatic carbocycles. The molecular formula is C14H21FN2.